The van der Waals surface area contributed by atoms with E-state index in [4.69, 9.17) is 0 Å². The van der Waals surface area contributed by atoms with Gasteiger partial charge in [-0.15, -0.1) is 0 Å². The highest BCUT2D eigenvalue weighted by molar-refractivity contribution is 7.99. The topological polar surface area (TPSA) is 24.9 Å². The summed E-state index contributed by atoms with van der Waals surface area (Å²) >= 11 is 1.22. The fraction of sp³-hybridized carbons (Fsp3) is 0.312. The highest BCUT2D eigenvalue weighted by atomic mass is 32.2. The minimum Gasteiger partial charge on any atom is -0.312 e. The van der Waals surface area contributed by atoms with Crippen molar-refractivity contribution in [2.75, 3.05) is 6.54 Å². The van der Waals surface area contributed by atoms with E-state index in [-0.39, 0.29) is 0 Å². The van der Waals surface area contributed by atoms with E-state index in [2.05, 4.69) is 24.1 Å². The number of nitrogens with one attached hydrogen (secondary N) is 1. The standard InChI is InChI=1S/C16H18F2N2S/c1-11(2)9-19-10-12-4-3-7-20-16(12)21-15-6-5-13(17)8-14(15)18/h3-8,11,19H,9-10H2,1-2H3. The van der Waals surface area contributed by atoms with Crippen molar-refractivity contribution in [1.82, 2.24) is 10.3 Å². The second kappa shape index (κ2) is 7.52. The maximum absolute atomic E-state index is 13.7. The van der Waals surface area contributed by atoms with E-state index in [0.717, 1.165) is 23.2 Å². The summed E-state index contributed by atoms with van der Waals surface area (Å²) in [5, 5.41) is 4.08. The van der Waals surface area contributed by atoms with Gasteiger partial charge in [-0.3, -0.25) is 0 Å². The van der Waals surface area contributed by atoms with Crippen LogP contribution in [-0.4, -0.2) is 11.5 Å². The van der Waals surface area contributed by atoms with Crippen molar-refractivity contribution < 1.29 is 8.78 Å². The zero-order valence-electron chi connectivity index (χ0n) is 12.1. The number of rotatable bonds is 6. The van der Waals surface area contributed by atoms with Crippen LogP contribution in [0.3, 0.4) is 0 Å². The molecule has 0 amide bonds. The van der Waals surface area contributed by atoms with Gasteiger partial charge in [0.05, 0.1) is 0 Å². The van der Waals surface area contributed by atoms with Crippen LogP contribution in [0.1, 0.15) is 19.4 Å². The Labute approximate surface area is 128 Å². The molecule has 5 heteroatoms. The maximum Gasteiger partial charge on any atom is 0.140 e. The molecule has 112 valence electrons. The van der Waals surface area contributed by atoms with E-state index < -0.39 is 11.6 Å². The number of aromatic nitrogens is 1. The van der Waals surface area contributed by atoms with Crippen molar-refractivity contribution in [2.24, 2.45) is 5.92 Å². The molecule has 21 heavy (non-hydrogen) atoms. The maximum atomic E-state index is 13.7. The molecular weight excluding hydrogens is 290 g/mol. The van der Waals surface area contributed by atoms with Crippen LogP contribution in [0.25, 0.3) is 0 Å². The van der Waals surface area contributed by atoms with Gasteiger partial charge in [0.25, 0.3) is 0 Å². The first-order valence-corrected chi connectivity index (χ1v) is 7.65. The lowest BCUT2D eigenvalue weighted by atomic mass is 10.2. The van der Waals surface area contributed by atoms with E-state index in [1.807, 2.05) is 12.1 Å². The number of hydrogen-bond acceptors (Lipinski definition) is 3. The van der Waals surface area contributed by atoms with Crippen molar-refractivity contribution >= 4 is 11.8 Å². The van der Waals surface area contributed by atoms with Crippen LogP contribution in [0.15, 0.2) is 46.5 Å². The van der Waals surface area contributed by atoms with Crippen molar-refractivity contribution in [3.63, 3.8) is 0 Å². The molecule has 2 aromatic rings. The van der Waals surface area contributed by atoms with Crippen LogP contribution < -0.4 is 5.32 Å². The number of hydrogen-bond donors (Lipinski definition) is 1. The quantitative estimate of drug-likeness (QED) is 0.863. The molecule has 1 N–H and O–H groups in total. The predicted octanol–water partition coefficient (Wildman–Crippen LogP) is 4.26. The normalized spacial score (nSPS) is 11.1. The highest BCUT2D eigenvalue weighted by Gasteiger charge is 2.10. The Morgan fingerprint density at radius 2 is 2.05 bits per heavy atom. The summed E-state index contributed by atoms with van der Waals surface area (Å²) in [5.74, 6) is -0.573. The molecule has 1 heterocycles. The predicted molar refractivity (Wildman–Crippen MR) is 81.3 cm³/mol. The van der Waals surface area contributed by atoms with Crippen LogP contribution in [0.5, 0.6) is 0 Å². The largest absolute Gasteiger partial charge is 0.312 e. The van der Waals surface area contributed by atoms with Crippen LogP contribution >= 0.6 is 11.8 Å². The molecule has 2 rings (SSSR count). The lowest BCUT2D eigenvalue weighted by molar-refractivity contribution is 0.548. The lowest BCUT2D eigenvalue weighted by Crippen LogP contribution is -2.19. The number of halogens is 2. The zero-order chi connectivity index (χ0) is 15.2. The van der Waals surface area contributed by atoms with E-state index in [9.17, 15) is 8.78 Å². The Balaban J connectivity index is 2.12. The van der Waals surface area contributed by atoms with Crippen molar-refractivity contribution in [1.29, 1.82) is 0 Å². The first-order chi connectivity index (χ1) is 10.1. The average molecular weight is 308 g/mol. The van der Waals surface area contributed by atoms with Gasteiger partial charge in [0, 0.05) is 23.7 Å². The fourth-order valence-corrected chi connectivity index (χ4v) is 2.69. The third kappa shape index (κ3) is 4.79. The second-order valence-corrected chi connectivity index (χ2v) is 6.20. The fourth-order valence-electron chi connectivity index (χ4n) is 1.81. The summed E-state index contributed by atoms with van der Waals surface area (Å²) in [6.45, 7) is 5.86. The summed E-state index contributed by atoms with van der Waals surface area (Å²) in [6.07, 6.45) is 1.68. The Bertz CT molecular complexity index is 603. The van der Waals surface area contributed by atoms with Gasteiger partial charge in [0.2, 0.25) is 0 Å². The molecule has 0 atom stereocenters. The first kappa shape index (κ1) is 15.9. The van der Waals surface area contributed by atoms with Crippen molar-refractivity contribution in [3.05, 3.63) is 53.7 Å². The van der Waals surface area contributed by atoms with Crippen LogP contribution in [0, 0.1) is 17.6 Å². The second-order valence-electron chi connectivity index (χ2n) is 5.17. The monoisotopic (exact) mass is 308 g/mol. The molecule has 0 unspecified atom stereocenters. The van der Waals surface area contributed by atoms with Gasteiger partial charge < -0.3 is 5.32 Å². The molecular formula is C16H18F2N2S. The lowest BCUT2D eigenvalue weighted by Gasteiger charge is -2.11. The molecule has 0 spiro atoms. The average Bonchev–Trinajstić information content (AvgIpc) is 2.43. The summed E-state index contributed by atoms with van der Waals surface area (Å²) in [5.41, 5.74) is 1.01. The first-order valence-electron chi connectivity index (χ1n) is 6.84. The van der Waals surface area contributed by atoms with E-state index >= 15 is 0 Å². The Kier molecular flexibility index (Phi) is 5.70. The van der Waals surface area contributed by atoms with Gasteiger partial charge in [-0.05, 0) is 36.2 Å². The number of benzene rings is 1. The molecule has 0 saturated heterocycles. The number of nitrogens with zero attached hydrogens (tertiary/aromatic N) is 1. The van der Waals surface area contributed by atoms with Gasteiger partial charge in [0.1, 0.15) is 16.7 Å². The molecule has 2 nitrogen and oxygen atoms in total. The molecule has 0 aliphatic rings. The van der Waals surface area contributed by atoms with Gasteiger partial charge in [-0.1, -0.05) is 31.7 Å². The van der Waals surface area contributed by atoms with Crippen LogP contribution in [0.2, 0.25) is 0 Å². The molecule has 0 bridgehead atoms. The molecule has 0 radical (unpaired) electrons. The molecule has 0 fully saturated rings. The molecule has 0 saturated carbocycles. The summed E-state index contributed by atoms with van der Waals surface area (Å²) in [6, 6.07) is 7.41. The summed E-state index contributed by atoms with van der Waals surface area (Å²) in [7, 11) is 0. The smallest absolute Gasteiger partial charge is 0.140 e. The van der Waals surface area contributed by atoms with Gasteiger partial charge in [0.15, 0.2) is 0 Å². The van der Waals surface area contributed by atoms with E-state index in [1.54, 1.807) is 6.20 Å². The molecule has 0 aliphatic carbocycles. The van der Waals surface area contributed by atoms with Gasteiger partial charge >= 0.3 is 0 Å². The van der Waals surface area contributed by atoms with Crippen LogP contribution in [0.4, 0.5) is 8.78 Å². The third-order valence-corrected chi connectivity index (χ3v) is 3.93. The summed E-state index contributed by atoms with van der Waals surface area (Å²) < 4.78 is 26.7. The van der Waals surface area contributed by atoms with Crippen molar-refractivity contribution in [2.45, 2.75) is 30.3 Å². The van der Waals surface area contributed by atoms with E-state index in [0.29, 0.717) is 17.4 Å². The Morgan fingerprint density at radius 1 is 1.24 bits per heavy atom. The van der Waals surface area contributed by atoms with Crippen molar-refractivity contribution in [3.8, 4) is 0 Å². The van der Waals surface area contributed by atoms with Gasteiger partial charge in [-0.25, -0.2) is 13.8 Å². The minimum atomic E-state index is -0.573. The zero-order valence-corrected chi connectivity index (χ0v) is 12.9. The number of pyridine rings is 1. The van der Waals surface area contributed by atoms with Crippen LogP contribution in [-0.2, 0) is 6.54 Å². The molecule has 0 aliphatic heterocycles. The summed E-state index contributed by atoms with van der Waals surface area (Å²) in [4.78, 5) is 4.67. The minimum absolute atomic E-state index is 0.375. The Morgan fingerprint density at radius 3 is 2.76 bits per heavy atom. The molecule has 1 aromatic heterocycles. The highest BCUT2D eigenvalue weighted by Crippen LogP contribution is 2.30. The third-order valence-electron chi connectivity index (χ3n) is 2.82. The van der Waals surface area contributed by atoms with E-state index in [1.165, 1.54) is 23.9 Å². The Hall–Kier alpha value is -1.46. The molecule has 1 aromatic carbocycles. The SMILES string of the molecule is CC(C)CNCc1cccnc1Sc1ccc(F)cc1F. The van der Waals surface area contributed by atoms with Gasteiger partial charge in [-0.2, -0.15) is 0 Å².